The van der Waals surface area contributed by atoms with Gasteiger partial charge in [0.1, 0.15) is 6.10 Å². The number of hydrogen-bond donors (Lipinski definition) is 0. The van der Waals surface area contributed by atoms with Crippen LogP contribution in [0.3, 0.4) is 0 Å². The van der Waals surface area contributed by atoms with Crippen LogP contribution in [0.1, 0.15) is 41.4 Å². The molecule has 1 atom stereocenters. The molecule has 0 N–H and O–H groups in total. The van der Waals surface area contributed by atoms with E-state index >= 15 is 0 Å². The largest absolute Gasteiger partial charge is 0.369 e. The average Bonchev–Trinajstić information content (AvgIpc) is 2.56. The van der Waals surface area contributed by atoms with Crippen molar-refractivity contribution in [1.82, 2.24) is 9.88 Å². The van der Waals surface area contributed by atoms with E-state index in [-0.39, 0.29) is 17.6 Å². The number of morpholine rings is 1. The molecule has 23 heavy (non-hydrogen) atoms. The fraction of sp³-hybridized carbons (Fsp3) is 0.368. The molecule has 0 aliphatic carbocycles. The molecule has 0 bridgehead atoms. The van der Waals surface area contributed by atoms with Crippen molar-refractivity contribution in [2.75, 3.05) is 13.2 Å². The molecule has 1 unspecified atom stereocenters. The zero-order valence-electron chi connectivity index (χ0n) is 13.8. The molecule has 0 radical (unpaired) electrons. The van der Waals surface area contributed by atoms with Crippen LogP contribution in [0.2, 0.25) is 0 Å². The first-order chi connectivity index (χ1) is 11.0. The van der Waals surface area contributed by atoms with Crippen LogP contribution in [-0.2, 0) is 4.74 Å². The first kappa shape index (κ1) is 15.7. The van der Waals surface area contributed by atoms with Crippen molar-refractivity contribution in [1.29, 1.82) is 0 Å². The van der Waals surface area contributed by atoms with Gasteiger partial charge in [0.05, 0.1) is 18.7 Å². The fourth-order valence-electron chi connectivity index (χ4n) is 2.84. The molecular formula is C19H22N2O2. The highest BCUT2D eigenvalue weighted by Gasteiger charge is 2.38. The number of ether oxygens (including phenoxy) is 1. The molecule has 4 heteroatoms. The second-order valence-corrected chi connectivity index (χ2v) is 6.67. The highest BCUT2D eigenvalue weighted by molar-refractivity contribution is 5.94. The van der Waals surface area contributed by atoms with E-state index in [2.05, 4.69) is 36.2 Å². The Labute approximate surface area is 137 Å². The Bertz CT molecular complexity index is 680. The molecule has 1 saturated heterocycles. The van der Waals surface area contributed by atoms with Gasteiger partial charge in [-0.1, -0.05) is 29.8 Å². The number of nitrogens with zero attached hydrogens (tertiary/aromatic N) is 2. The van der Waals surface area contributed by atoms with E-state index in [1.165, 1.54) is 5.56 Å². The van der Waals surface area contributed by atoms with E-state index in [0.29, 0.717) is 18.7 Å². The lowest BCUT2D eigenvalue weighted by molar-refractivity contribution is -0.0846. The minimum absolute atomic E-state index is 0.0258. The number of amides is 1. The monoisotopic (exact) mass is 310 g/mol. The van der Waals surface area contributed by atoms with Gasteiger partial charge in [0, 0.05) is 18.0 Å². The van der Waals surface area contributed by atoms with Gasteiger partial charge < -0.3 is 9.64 Å². The van der Waals surface area contributed by atoms with E-state index < -0.39 is 0 Å². The molecule has 2 aromatic rings. The zero-order chi connectivity index (χ0) is 16.4. The molecule has 1 fully saturated rings. The van der Waals surface area contributed by atoms with Gasteiger partial charge in [0.2, 0.25) is 0 Å². The third kappa shape index (κ3) is 3.27. The van der Waals surface area contributed by atoms with Gasteiger partial charge in [-0.05, 0) is 38.5 Å². The van der Waals surface area contributed by atoms with E-state index in [4.69, 9.17) is 4.74 Å². The van der Waals surface area contributed by atoms with Crippen LogP contribution < -0.4 is 0 Å². The summed E-state index contributed by atoms with van der Waals surface area (Å²) in [5, 5.41) is 0. The van der Waals surface area contributed by atoms with Crippen LogP contribution >= 0.6 is 0 Å². The molecule has 1 aromatic heterocycles. The number of rotatable bonds is 2. The summed E-state index contributed by atoms with van der Waals surface area (Å²) in [5.74, 6) is 0.0258. The number of hydrogen-bond acceptors (Lipinski definition) is 3. The fourth-order valence-corrected chi connectivity index (χ4v) is 2.84. The van der Waals surface area contributed by atoms with Crippen molar-refractivity contribution < 1.29 is 9.53 Å². The molecule has 0 saturated carbocycles. The molecule has 1 aromatic carbocycles. The first-order valence-corrected chi connectivity index (χ1v) is 7.87. The van der Waals surface area contributed by atoms with Crippen LogP contribution in [-0.4, -0.2) is 34.5 Å². The first-order valence-electron chi connectivity index (χ1n) is 7.87. The Hall–Kier alpha value is -2.20. The van der Waals surface area contributed by atoms with Crippen molar-refractivity contribution in [2.45, 2.75) is 32.4 Å². The smallest absolute Gasteiger partial charge is 0.254 e. The Kier molecular flexibility index (Phi) is 4.18. The maximum Gasteiger partial charge on any atom is 0.254 e. The van der Waals surface area contributed by atoms with E-state index in [0.717, 1.165) is 5.56 Å². The lowest BCUT2D eigenvalue weighted by atomic mass is 9.96. The molecule has 4 nitrogen and oxygen atoms in total. The minimum Gasteiger partial charge on any atom is -0.369 e. The van der Waals surface area contributed by atoms with Gasteiger partial charge in [0.15, 0.2) is 0 Å². The second-order valence-electron chi connectivity index (χ2n) is 6.67. The normalized spacial score (nSPS) is 20.3. The van der Waals surface area contributed by atoms with Crippen LogP contribution in [0.15, 0.2) is 48.8 Å². The number of carbonyl (C=O) groups is 1. The standard InChI is InChI=1S/C19H22N2O2/c1-14-4-6-15(7-5-14)17-12-21(19(2,3)13-23-17)18(22)16-8-10-20-11-9-16/h4-11,17H,12-13H2,1-3H3. The Morgan fingerprint density at radius 3 is 2.48 bits per heavy atom. The third-order valence-corrected chi connectivity index (χ3v) is 4.34. The Balaban J connectivity index is 1.85. The van der Waals surface area contributed by atoms with Gasteiger partial charge in [0.25, 0.3) is 5.91 Å². The number of benzene rings is 1. The minimum atomic E-state index is -0.332. The molecule has 120 valence electrons. The number of aryl methyl sites for hydroxylation is 1. The highest BCUT2D eigenvalue weighted by atomic mass is 16.5. The van der Waals surface area contributed by atoms with Gasteiger partial charge in [-0.3, -0.25) is 9.78 Å². The summed E-state index contributed by atoms with van der Waals surface area (Å²) in [4.78, 5) is 18.8. The Morgan fingerprint density at radius 1 is 1.17 bits per heavy atom. The predicted octanol–water partition coefficient (Wildman–Crippen LogP) is 3.38. The molecule has 1 aliphatic heterocycles. The van der Waals surface area contributed by atoms with Gasteiger partial charge in [-0.2, -0.15) is 0 Å². The molecule has 2 heterocycles. The summed E-state index contributed by atoms with van der Waals surface area (Å²) >= 11 is 0. The van der Waals surface area contributed by atoms with Crippen LogP contribution in [0.5, 0.6) is 0 Å². The van der Waals surface area contributed by atoms with Crippen LogP contribution in [0.25, 0.3) is 0 Å². The highest BCUT2D eigenvalue weighted by Crippen LogP contribution is 2.31. The van der Waals surface area contributed by atoms with Gasteiger partial charge >= 0.3 is 0 Å². The maximum absolute atomic E-state index is 12.9. The van der Waals surface area contributed by atoms with Crippen molar-refractivity contribution in [3.05, 3.63) is 65.5 Å². The van der Waals surface area contributed by atoms with Crippen LogP contribution in [0, 0.1) is 6.92 Å². The Morgan fingerprint density at radius 2 is 1.83 bits per heavy atom. The summed E-state index contributed by atoms with van der Waals surface area (Å²) in [6.45, 7) is 7.21. The molecule has 1 amide bonds. The van der Waals surface area contributed by atoms with Crippen molar-refractivity contribution in [3.63, 3.8) is 0 Å². The molecule has 0 spiro atoms. The SMILES string of the molecule is Cc1ccc(C2CN(C(=O)c3ccncc3)C(C)(C)CO2)cc1. The van der Waals surface area contributed by atoms with Crippen LogP contribution in [0.4, 0.5) is 0 Å². The summed E-state index contributed by atoms with van der Waals surface area (Å²) in [5.41, 5.74) is 2.66. The summed E-state index contributed by atoms with van der Waals surface area (Å²) in [6.07, 6.45) is 3.21. The topological polar surface area (TPSA) is 42.4 Å². The molecule has 3 rings (SSSR count). The van der Waals surface area contributed by atoms with E-state index in [1.54, 1.807) is 24.5 Å². The van der Waals surface area contributed by atoms with Gasteiger partial charge in [-0.25, -0.2) is 0 Å². The lowest BCUT2D eigenvalue weighted by Gasteiger charge is -2.45. The summed E-state index contributed by atoms with van der Waals surface area (Å²) in [7, 11) is 0. The summed E-state index contributed by atoms with van der Waals surface area (Å²) in [6, 6.07) is 11.8. The molecular weight excluding hydrogens is 288 g/mol. The number of carbonyl (C=O) groups excluding carboxylic acids is 1. The second kappa shape index (κ2) is 6.13. The summed E-state index contributed by atoms with van der Waals surface area (Å²) < 4.78 is 6.03. The molecule has 1 aliphatic rings. The number of pyridine rings is 1. The quantitative estimate of drug-likeness (QED) is 0.854. The van der Waals surface area contributed by atoms with Crippen molar-refractivity contribution >= 4 is 5.91 Å². The van der Waals surface area contributed by atoms with E-state index in [1.807, 2.05) is 18.7 Å². The van der Waals surface area contributed by atoms with Crippen molar-refractivity contribution in [2.24, 2.45) is 0 Å². The third-order valence-electron chi connectivity index (χ3n) is 4.34. The number of aromatic nitrogens is 1. The maximum atomic E-state index is 12.9. The van der Waals surface area contributed by atoms with Gasteiger partial charge in [-0.15, -0.1) is 0 Å². The lowest BCUT2D eigenvalue weighted by Crippen LogP contribution is -2.56. The van der Waals surface area contributed by atoms with E-state index in [9.17, 15) is 4.79 Å². The average molecular weight is 310 g/mol. The van der Waals surface area contributed by atoms with Crippen molar-refractivity contribution in [3.8, 4) is 0 Å². The zero-order valence-corrected chi connectivity index (χ0v) is 13.8. The predicted molar refractivity (Wildman–Crippen MR) is 89.2 cm³/mol.